The van der Waals surface area contributed by atoms with Gasteiger partial charge in [0.05, 0.1) is 0 Å². The van der Waals surface area contributed by atoms with E-state index in [-0.39, 0.29) is 0 Å². The van der Waals surface area contributed by atoms with E-state index in [4.69, 9.17) is 0 Å². The molecule has 5 heteroatoms. The van der Waals surface area contributed by atoms with Crippen LogP contribution >= 0.6 is 15.9 Å². The van der Waals surface area contributed by atoms with E-state index in [9.17, 15) is 0 Å². The van der Waals surface area contributed by atoms with Crippen LogP contribution in [0.1, 0.15) is 51.0 Å². The smallest absolute Gasteiger partial charge is 0.157 e. The molecule has 2 atom stereocenters. The van der Waals surface area contributed by atoms with Gasteiger partial charge in [0.1, 0.15) is 16.4 Å². The molecule has 4 nitrogen and oxygen atoms in total. The predicted octanol–water partition coefficient (Wildman–Crippen LogP) is 3.99. The Morgan fingerprint density at radius 3 is 2.76 bits per heavy atom. The van der Waals surface area contributed by atoms with E-state index in [1.165, 1.54) is 36.8 Å². The fourth-order valence-electron chi connectivity index (χ4n) is 3.65. The van der Waals surface area contributed by atoms with E-state index in [0.717, 1.165) is 22.9 Å². The van der Waals surface area contributed by atoms with Crippen LogP contribution in [0, 0.1) is 5.92 Å². The Balaban J connectivity index is 1.84. The van der Waals surface area contributed by atoms with Crippen molar-refractivity contribution in [2.45, 2.75) is 51.5 Å². The topological polar surface area (TPSA) is 33.4 Å². The highest BCUT2D eigenvalue weighted by Gasteiger charge is 2.32. The Morgan fingerprint density at radius 1 is 1.24 bits per heavy atom. The van der Waals surface area contributed by atoms with Gasteiger partial charge in [0, 0.05) is 12.6 Å². The second-order valence-electron chi connectivity index (χ2n) is 6.71. The first kappa shape index (κ1) is 13.6. The number of anilines is 1. The molecule has 1 saturated heterocycles. The summed E-state index contributed by atoms with van der Waals surface area (Å²) in [6.45, 7) is 5.78. The molecule has 0 radical (unpaired) electrons. The largest absolute Gasteiger partial charge is 0.352 e. The van der Waals surface area contributed by atoms with E-state index in [1.807, 2.05) is 4.52 Å². The van der Waals surface area contributed by atoms with E-state index >= 15 is 0 Å². The summed E-state index contributed by atoms with van der Waals surface area (Å²) in [5, 5.41) is 4.44. The monoisotopic (exact) mass is 348 g/mol. The van der Waals surface area contributed by atoms with Crippen LogP contribution < -0.4 is 4.90 Å². The molecule has 112 valence electrons. The third kappa shape index (κ3) is 2.26. The first-order valence-electron chi connectivity index (χ1n) is 7.94. The van der Waals surface area contributed by atoms with Crippen molar-refractivity contribution in [2.24, 2.45) is 5.92 Å². The van der Waals surface area contributed by atoms with Gasteiger partial charge in [-0.15, -0.1) is 0 Å². The summed E-state index contributed by atoms with van der Waals surface area (Å²) in [6, 6.07) is 2.79. The standard InChI is InChI=1S/C16H21BrN4/c1-10-5-6-20(11(2)7-10)16-15-13(12-3-4-12)8-14(17)21(15)19-9-18-16/h8-12H,3-7H2,1-2H3/t10-,11+/m1/s1. The summed E-state index contributed by atoms with van der Waals surface area (Å²) in [4.78, 5) is 7.14. The summed E-state index contributed by atoms with van der Waals surface area (Å²) in [7, 11) is 0. The number of nitrogens with zero attached hydrogens (tertiary/aromatic N) is 4. The van der Waals surface area contributed by atoms with Crippen molar-refractivity contribution < 1.29 is 0 Å². The molecule has 4 rings (SSSR count). The highest BCUT2D eigenvalue weighted by molar-refractivity contribution is 9.10. The lowest BCUT2D eigenvalue weighted by Gasteiger charge is -2.37. The third-order valence-electron chi connectivity index (χ3n) is 4.95. The lowest BCUT2D eigenvalue weighted by molar-refractivity contribution is 0.376. The highest BCUT2D eigenvalue weighted by Crippen LogP contribution is 2.45. The first-order valence-corrected chi connectivity index (χ1v) is 8.73. The summed E-state index contributed by atoms with van der Waals surface area (Å²) in [5.41, 5.74) is 2.64. The van der Waals surface area contributed by atoms with Crippen molar-refractivity contribution in [1.29, 1.82) is 0 Å². The number of piperidine rings is 1. The second-order valence-corrected chi connectivity index (χ2v) is 7.53. The molecule has 0 spiro atoms. The fourth-order valence-corrected chi connectivity index (χ4v) is 4.17. The maximum absolute atomic E-state index is 4.66. The molecule has 0 bridgehead atoms. The van der Waals surface area contributed by atoms with Crippen LogP contribution in [0.5, 0.6) is 0 Å². The van der Waals surface area contributed by atoms with Gasteiger partial charge >= 0.3 is 0 Å². The van der Waals surface area contributed by atoms with E-state index < -0.39 is 0 Å². The van der Waals surface area contributed by atoms with Crippen LogP contribution in [0.15, 0.2) is 17.0 Å². The molecular weight excluding hydrogens is 328 g/mol. The van der Waals surface area contributed by atoms with E-state index in [1.54, 1.807) is 6.33 Å². The molecular formula is C16H21BrN4. The van der Waals surface area contributed by atoms with Gasteiger partial charge in [0.25, 0.3) is 0 Å². The molecule has 0 aromatic carbocycles. The number of hydrogen-bond donors (Lipinski definition) is 0. The molecule has 0 amide bonds. The summed E-state index contributed by atoms with van der Waals surface area (Å²) >= 11 is 3.65. The summed E-state index contributed by atoms with van der Waals surface area (Å²) in [6.07, 6.45) is 6.78. The van der Waals surface area contributed by atoms with Gasteiger partial charge in [-0.25, -0.2) is 9.50 Å². The quantitative estimate of drug-likeness (QED) is 0.822. The Morgan fingerprint density at radius 2 is 2.05 bits per heavy atom. The van der Waals surface area contributed by atoms with Crippen LogP contribution in [0.2, 0.25) is 0 Å². The zero-order valence-corrected chi connectivity index (χ0v) is 14.2. The summed E-state index contributed by atoms with van der Waals surface area (Å²) < 4.78 is 3.06. The average molecular weight is 349 g/mol. The average Bonchev–Trinajstić information content (AvgIpc) is 3.24. The van der Waals surface area contributed by atoms with Gasteiger partial charge in [0.15, 0.2) is 5.82 Å². The molecule has 3 heterocycles. The zero-order valence-electron chi connectivity index (χ0n) is 12.6. The zero-order chi connectivity index (χ0) is 14.6. The molecule has 0 N–H and O–H groups in total. The van der Waals surface area contributed by atoms with E-state index in [0.29, 0.717) is 12.0 Å². The van der Waals surface area contributed by atoms with Crippen molar-refractivity contribution >= 4 is 27.3 Å². The molecule has 0 unspecified atom stereocenters. The molecule has 2 aromatic rings. The molecule has 21 heavy (non-hydrogen) atoms. The molecule has 1 aliphatic carbocycles. The van der Waals surface area contributed by atoms with Gasteiger partial charge in [-0.1, -0.05) is 6.92 Å². The van der Waals surface area contributed by atoms with Crippen LogP contribution in [0.4, 0.5) is 5.82 Å². The van der Waals surface area contributed by atoms with Gasteiger partial charge < -0.3 is 4.90 Å². The van der Waals surface area contributed by atoms with Crippen LogP contribution in [-0.2, 0) is 0 Å². The SMILES string of the molecule is C[C@@H]1CCN(c2ncnn3c(Br)cc(C4CC4)c23)[C@@H](C)C1. The number of rotatable bonds is 2. The second kappa shape index (κ2) is 4.97. The highest BCUT2D eigenvalue weighted by atomic mass is 79.9. The minimum Gasteiger partial charge on any atom is -0.352 e. The summed E-state index contributed by atoms with van der Waals surface area (Å²) in [5.74, 6) is 2.64. The molecule has 2 aromatic heterocycles. The van der Waals surface area contributed by atoms with Crippen molar-refractivity contribution in [3.8, 4) is 0 Å². The van der Waals surface area contributed by atoms with Crippen molar-refractivity contribution in [1.82, 2.24) is 14.6 Å². The van der Waals surface area contributed by atoms with Crippen molar-refractivity contribution in [3.63, 3.8) is 0 Å². The van der Waals surface area contributed by atoms with Gasteiger partial charge in [-0.2, -0.15) is 5.10 Å². The van der Waals surface area contributed by atoms with Crippen molar-refractivity contribution in [2.75, 3.05) is 11.4 Å². The Hall–Kier alpha value is -1.10. The van der Waals surface area contributed by atoms with Gasteiger partial charge in [-0.3, -0.25) is 0 Å². The van der Waals surface area contributed by atoms with Crippen molar-refractivity contribution in [3.05, 3.63) is 22.6 Å². The van der Waals surface area contributed by atoms with Crippen LogP contribution in [-0.4, -0.2) is 27.2 Å². The lowest BCUT2D eigenvalue weighted by atomic mass is 9.93. The molecule has 2 fully saturated rings. The number of hydrogen-bond acceptors (Lipinski definition) is 3. The Kier molecular flexibility index (Phi) is 3.21. The Bertz CT molecular complexity index is 676. The molecule has 1 saturated carbocycles. The molecule has 2 aliphatic rings. The minimum absolute atomic E-state index is 0.549. The van der Waals surface area contributed by atoms with Gasteiger partial charge in [0.2, 0.25) is 0 Å². The number of fused-ring (bicyclic) bond motifs is 1. The number of halogens is 1. The predicted molar refractivity (Wildman–Crippen MR) is 87.9 cm³/mol. The third-order valence-corrected chi connectivity index (χ3v) is 5.51. The molecule has 1 aliphatic heterocycles. The van der Waals surface area contributed by atoms with Crippen LogP contribution in [0.3, 0.4) is 0 Å². The van der Waals surface area contributed by atoms with E-state index in [2.05, 4.69) is 50.8 Å². The minimum atomic E-state index is 0.549. The first-order chi connectivity index (χ1) is 10.1. The number of aromatic nitrogens is 3. The normalized spacial score (nSPS) is 26.5. The lowest BCUT2D eigenvalue weighted by Crippen LogP contribution is -2.41. The van der Waals surface area contributed by atoms with Gasteiger partial charge in [-0.05, 0) is 72.0 Å². The maximum atomic E-state index is 4.66. The van der Waals surface area contributed by atoms with Crippen LogP contribution in [0.25, 0.3) is 5.52 Å². The maximum Gasteiger partial charge on any atom is 0.157 e. The Labute approximate surface area is 133 Å². The fraction of sp³-hybridized carbons (Fsp3) is 0.625.